The van der Waals surface area contributed by atoms with Crippen LogP contribution >= 0.6 is 11.8 Å². The Morgan fingerprint density at radius 2 is 2.05 bits per heavy atom. The molecule has 0 atom stereocenters. The molecule has 3 aromatic rings. The molecule has 1 aromatic carbocycles. The second-order valence-electron chi connectivity index (χ2n) is 5.30. The Morgan fingerprint density at radius 3 is 2.81 bits per heavy atom. The highest BCUT2D eigenvalue weighted by atomic mass is 32.2. The van der Waals surface area contributed by atoms with Crippen LogP contribution in [0, 0.1) is 0 Å². The summed E-state index contributed by atoms with van der Waals surface area (Å²) in [4.78, 5) is 12.7. The van der Waals surface area contributed by atoms with E-state index >= 15 is 0 Å². The Labute approximate surface area is 127 Å². The molecule has 0 amide bonds. The summed E-state index contributed by atoms with van der Waals surface area (Å²) in [6.07, 6.45) is 2.42. The second kappa shape index (κ2) is 5.07. The quantitative estimate of drug-likeness (QED) is 0.714. The highest BCUT2D eigenvalue weighted by molar-refractivity contribution is 7.99. The van der Waals surface area contributed by atoms with Gasteiger partial charge in [0.05, 0.1) is 5.03 Å². The van der Waals surface area contributed by atoms with Crippen LogP contribution < -0.4 is 5.32 Å². The van der Waals surface area contributed by atoms with Gasteiger partial charge >= 0.3 is 0 Å². The van der Waals surface area contributed by atoms with Crippen LogP contribution in [0.25, 0.3) is 10.9 Å². The fraction of sp³-hybridized carbons (Fsp3) is 0.250. The number of nitrogens with one attached hydrogen (secondary N) is 2. The van der Waals surface area contributed by atoms with Crippen molar-refractivity contribution in [1.29, 1.82) is 0 Å². The molecule has 0 saturated heterocycles. The van der Waals surface area contributed by atoms with E-state index < -0.39 is 0 Å². The number of anilines is 1. The first-order valence-electron chi connectivity index (χ1n) is 7.14. The van der Waals surface area contributed by atoms with Gasteiger partial charge in [-0.15, -0.1) is 0 Å². The van der Waals surface area contributed by atoms with Gasteiger partial charge in [0.15, 0.2) is 0 Å². The fourth-order valence-corrected chi connectivity index (χ4v) is 3.24. The Kier molecular flexibility index (Phi) is 3.07. The van der Waals surface area contributed by atoms with E-state index in [0.29, 0.717) is 5.92 Å². The molecule has 1 fully saturated rings. The van der Waals surface area contributed by atoms with Crippen molar-refractivity contribution in [2.24, 2.45) is 0 Å². The third-order valence-electron chi connectivity index (χ3n) is 3.64. The molecule has 106 valence electrons. The van der Waals surface area contributed by atoms with Gasteiger partial charge in [0.2, 0.25) is 0 Å². The van der Waals surface area contributed by atoms with E-state index in [1.165, 1.54) is 18.2 Å². The van der Waals surface area contributed by atoms with Gasteiger partial charge in [-0.1, -0.05) is 30.0 Å². The van der Waals surface area contributed by atoms with E-state index in [2.05, 4.69) is 39.6 Å². The summed E-state index contributed by atoms with van der Waals surface area (Å²) in [5, 5.41) is 6.45. The van der Waals surface area contributed by atoms with Crippen molar-refractivity contribution in [1.82, 2.24) is 15.0 Å². The molecule has 5 heteroatoms. The van der Waals surface area contributed by atoms with Gasteiger partial charge in [-0.3, -0.25) is 0 Å². The van der Waals surface area contributed by atoms with E-state index in [-0.39, 0.29) is 0 Å². The Balaban J connectivity index is 1.67. The van der Waals surface area contributed by atoms with E-state index in [1.807, 2.05) is 19.2 Å². The maximum absolute atomic E-state index is 4.70. The smallest absolute Gasteiger partial charge is 0.135 e. The fourth-order valence-electron chi connectivity index (χ4n) is 2.36. The molecular formula is C16H16N4S. The maximum Gasteiger partial charge on any atom is 0.135 e. The number of benzene rings is 1. The number of aromatic amines is 1. The van der Waals surface area contributed by atoms with Crippen molar-refractivity contribution in [2.75, 3.05) is 12.4 Å². The van der Waals surface area contributed by atoms with Gasteiger partial charge in [0.25, 0.3) is 0 Å². The minimum Gasteiger partial charge on any atom is -0.373 e. The van der Waals surface area contributed by atoms with Crippen LogP contribution in [0.2, 0.25) is 0 Å². The summed E-state index contributed by atoms with van der Waals surface area (Å²) in [6, 6.07) is 12.5. The Morgan fingerprint density at radius 1 is 1.19 bits per heavy atom. The number of aromatic nitrogens is 3. The summed E-state index contributed by atoms with van der Waals surface area (Å²) >= 11 is 1.66. The van der Waals surface area contributed by atoms with Crippen molar-refractivity contribution < 1.29 is 0 Å². The normalized spacial score (nSPS) is 14.5. The zero-order chi connectivity index (χ0) is 14.2. The number of nitrogens with zero attached hydrogens (tertiary/aromatic N) is 2. The summed E-state index contributed by atoms with van der Waals surface area (Å²) in [5.74, 6) is 2.42. The zero-order valence-corrected chi connectivity index (χ0v) is 12.6. The minimum absolute atomic E-state index is 0.556. The first-order chi connectivity index (χ1) is 10.3. The van der Waals surface area contributed by atoms with Gasteiger partial charge in [0.1, 0.15) is 16.7 Å². The molecule has 2 N–H and O–H groups in total. The van der Waals surface area contributed by atoms with E-state index in [9.17, 15) is 0 Å². The predicted molar refractivity (Wildman–Crippen MR) is 86.0 cm³/mol. The van der Waals surface area contributed by atoms with Gasteiger partial charge in [-0.05, 0) is 25.0 Å². The van der Waals surface area contributed by atoms with Gasteiger partial charge < -0.3 is 10.3 Å². The third-order valence-corrected chi connectivity index (χ3v) is 4.50. The van der Waals surface area contributed by atoms with Crippen molar-refractivity contribution >= 4 is 28.5 Å². The molecular weight excluding hydrogens is 280 g/mol. The van der Waals surface area contributed by atoms with Crippen LogP contribution in [0.1, 0.15) is 24.6 Å². The Hall–Kier alpha value is -2.01. The summed E-state index contributed by atoms with van der Waals surface area (Å²) < 4.78 is 0. The molecule has 4 rings (SSSR count). The van der Waals surface area contributed by atoms with Gasteiger partial charge in [0, 0.05) is 29.9 Å². The highest BCUT2D eigenvalue weighted by Gasteiger charge is 2.27. The topological polar surface area (TPSA) is 53.6 Å². The highest BCUT2D eigenvalue weighted by Crippen LogP contribution is 2.39. The predicted octanol–water partition coefficient (Wildman–Crippen LogP) is 4.03. The van der Waals surface area contributed by atoms with Crippen LogP contribution in [0.5, 0.6) is 0 Å². The first kappa shape index (κ1) is 12.7. The number of hydrogen-bond acceptors (Lipinski definition) is 4. The SMILES string of the molecule is CNc1cc(Sc2cc3ccccc3[nH]2)nc(C2CC2)n1. The van der Waals surface area contributed by atoms with Crippen LogP contribution in [0.4, 0.5) is 5.82 Å². The van der Waals surface area contributed by atoms with E-state index in [1.54, 1.807) is 11.8 Å². The van der Waals surface area contributed by atoms with E-state index in [4.69, 9.17) is 4.98 Å². The summed E-state index contributed by atoms with van der Waals surface area (Å²) in [5.41, 5.74) is 1.16. The molecule has 0 aliphatic heterocycles. The maximum atomic E-state index is 4.70. The van der Waals surface area contributed by atoms with Crippen LogP contribution in [0.3, 0.4) is 0 Å². The molecule has 0 radical (unpaired) electrons. The van der Waals surface area contributed by atoms with Crippen molar-refractivity contribution in [3.05, 3.63) is 42.2 Å². The molecule has 0 bridgehead atoms. The molecule has 4 nitrogen and oxygen atoms in total. The molecule has 2 heterocycles. The lowest BCUT2D eigenvalue weighted by Gasteiger charge is -2.06. The van der Waals surface area contributed by atoms with Crippen LogP contribution in [-0.2, 0) is 0 Å². The molecule has 1 aliphatic rings. The third kappa shape index (κ3) is 2.61. The monoisotopic (exact) mass is 296 g/mol. The van der Waals surface area contributed by atoms with Crippen molar-refractivity contribution in [2.45, 2.75) is 28.8 Å². The molecule has 2 aromatic heterocycles. The van der Waals surface area contributed by atoms with Crippen LogP contribution in [-0.4, -0.2) is 22.0 Å². The lowest BCUT2D eigenvalue weighted by atomic mass is 10.3. The van der Waals surface area contributed by atoms with Gasteiger partial charge in [-0.2, -0.15) is 0 Å². The minimum atomic E-state index is 0.556. The summed E-state index contributed by atoms with van der Waals surface area (Å²) in [7, 11) is 1.90. The molecule has 21 heavy (non-hydrogen) atoms. The molecule has 0 spiro atoms. The number of H-pyrrole nitrogens is 1. The molecule has 1 aliphatic carbocycles. The average Bonchev–Trinajstić information content (AvgIpc) is 3.27. The van der Waals surface area contributed by atoms with Crippen LogP contribution in [0.15, 0.2) is 46.5 Å². The largest absolute Gasteiger partial charge is 0.373 e. The first-order valence-corrected chi connectivity index (χ1v) is 7.96. The Bertz CT molecular complexity index is 759. The number of para-hydroxylation sites is 1. The average molecular weight is 296 g/mol. The zero-order valence-electron chi connectivity index (χ0n) is 11.8. The summed E-state index contributed by atoms with van der Waals surface area (Å²) in [6.45, 7) is 0. The van der Waals surface area contributed by atoms with Crippen molar-refractivity contribution in [3.8, 4) is 0 Å². The van der Waals surface area contributed by atoms with E-state index in [0.717, 1.165) is 27.2 Å². The second-order valence-corrected chi connectivity index (χ2v) is 6.36. The number of hydrogen-bond donors (Lipinski definition) is 2. The number of fused-ring (bicyclic) bond motifs is 1. The standard InChI is InChI=1S/C16H16N4S/c1-17-13-9-15(20-16(19-13)10-6-7-10)21-14-8-11-4-2-3-5-12(11)18-14/h2-5,8-10,18H,6-7H2,1H3,(H,17,19,20). The lowest BCUT2D eigenvalue weighted by Crippen LogP contribution is -2.00. The van der Waals surface area contributed by atoms with Crippen molar-refractivity contribution in [3.63, 3.8) is 0 Å². The molecule has 1 saturated carbocycles. The van der Waals surface area contributed by atoms with Gasteiger partial charge in [-0.25, -0.2) is 9.97 Å². The lowest BCUT2D eigenvalue weighted by molar-refractivity contribution is 0.880. The molecule has 0 unspecified atom stereocenters. The number of rotatable bonds is 4.